The lowest BCUT2D eigenvalue weighted by atomic mass is 10.3. The average Bonchev–Trinajstić information content (AvgIpc) is 2.66. The molecule has 3 rings (SSSR count). The molecule has 1 fully saturated rings. The fourth-order valence-corrected chi connectivity index (χ4v) is 5.06. The first kappa shape index (κ1) is 20.1. The van der Waals surface area contributed by atoms with Crippen LogP contribution in [0.3, 0.4) is 0 Å². The van der Waals surface area contributed by atoms with E-state index in [4.69, 9.17) is 16.3 Å². The highest BCUT2D eigenvalue weighted by molar-refractivity contribution is 9.10. The van der Waals surface area contributed by atoms with Crippen molar-refractivity contribution in [1.29, 1.82) is 0 Å². The van der Waals surface area contributed by atoms with Crippen LogP contribution in [-0.4, -0.2) is 56.3 Å². The van der Waals surface area contributed by atoms with Gasteiger partial charge in [-0.15, -0.1) is 0 Å². The minimum absolute atomic E-state index is 0.0874. The van der Waals surface area contributed by atoms with Crippen LogP contribution in [0.15, 0.2) is 57.9 Å². The van der Waals surface area contributed by atoms with Crippen molar-refractivity contribution in [3.63, 3.8) is 0 Å². The molecule has 1 amide bonds. The zero-order valence-corrected chi connectivity index (χ0v) is 17.5. The van der Waals surface area contributed by atoms with Crippen molar-refractivity contribution in [2.45, 2.75) is 4.90 Å². The topological polar surface area (TPSA) is 66.9 Å². The van der Waals surface area contributed by atoms with Crippen LogP contribution in [0.2, 0.25) is 5.02 Å². The molecule has 1 heterocycles. The van der Waals surface area contributed by atoms with Crippen molar-refractivity contribution < 1.29 is 17.9 Å². The summed E-state index contributed by atoms with van der Waals surface area (Å²) in [5.41, 5.74) is 0. The number of hydrogen-bond donors (Lipinski definition) is 0. The highest BCUT2D eigenvalue weighted by Gasteiger charge is 2.31. The number of amides is 1. The molecule has 6 nitrogen and oxygen atoms in total. The summed E-state index contributed by atoms with van der Waals surface area (Å²) in [7, 11) is -3.67. The van der Waals surface area contributed by atoms with E-state index in [1.807, 2.05) is 12.1 Å². The number of ether oxygens (including phenoxy) is 1. The van der Waals surface area contributed by atoms with Gasteiger partial charge in [-0.2, -0.15) is 4.31 Å². The van der Waals surface area contributed by atoms with E-state index >= 15 is 0 Å². The summed E-state index contributed by atoms with van der Waals surface area (Å²) in [4.78, 5) is 14.0. The average molecular weight is 474 g/mol. The Morgan fingerprint density at radius 2 is 1.78 bits per heavy atom. The van der Waals surface area contributed by atoms with Crippen LogP contribution < -0.4 is 4.74 Å². The molecule has 0 N–H and O–H groups in total. The number of rotatable bonds is 5. The van der Waals surface area contributed by atoms with E-state index in [2.05, 4.69) is 15.9 Å². The zero-order chi connectivity index (χ0) is 19.4. The Labute approximate surface area is 171 Å². The molecule has 0 aliphatic carbocycles. The van der Waals surface area contributed by atoms with Gasteiger partial charge in [0.25, 0.3) is 5.91 Å². The third-order valence-electron chi connectivity index (χ3n) is 4.20. The van der Waals surface area contributed by atoms with E-state index in [1.54, 1.807) is 35.2 Å². The summed E-state index contributed by atoms with van der Waals surface area (Å²) >= 11 is 9.38. The maximum atomic E-state index is 12.7. The number of nitrogens with zero attached hydrogens (tertiary/aromatic N) is 2. The van der Waals surface area contributed by atoms with E-state index < -0.39 is 10.0 Å². The summed E-state index contributed by atoms with van der Waals surface area (Å²) in [5, 5.41) is 0.193. The lowest BCUT2D eigenvalue weighted by Gasteiger charge is -2.34. The van der Waals surface area contributed by atoms with Gasteiger partial charge in [-0.1, -0.05) is 45.7 Å². The fourth-order valence-electron chi connectivity index (χ4n) is 2.76. The number of carbonyl (C=O) groups is 1. The van der Waals surface area contributed by atoms with Gasteiger partial charge >= 0.3 is 0 Å². The first-order valence-electron chi connectivity index (χ1n) is 8.29. The molecule has 1 aliphatic rings. The molecule has 1 aliphatic heterocycles. The van der Waals surface area contributed by atoms with Gasteiger partial charge in [0, 0.05) is 30.7 Å². The lowest BCUT2D eigenvalue weighted by Crippen LogP contribution is -2.51. The predicted octanol–water partition coefficient (Wildman–Crippen LogP) is 3.01. The summed E-state index contributed by atoms with van der Waals surface area (Å²) < 4.78 is 33.2. The van der Waals surface area contributed by atoms with Crippen LogP contribution in [0.25, 0.3) is 0 Å². The second-order valence-corrected chi connectivity index (χ2v) is 9.19. The molecule has 0 atom stereocenters. The fraction of sp³-hybridized carbons (Fsp3) is 0.278. The number of halogens is 2. The lowest BCUT2D eigenvalue weighted by molar-refractivity contribution is -0.134. The Morgan fingerprint density at radius 1 is 1.07 bits per heavy atom. The van der Waals surface area contributed by atoms with E-state index in [0.717, 1.165) is 4.47 Å². The molecule has 0 saturated carbocycles. The van der Waals surface area contributed by atoms with Gasteiger partial charge in [0.05, 0.1) is 5.02 Å². The van der Waals surface area contributed by atoms with Crippen LogP contribution >= 0.6 is 27.5 Å². The van der Waals surface area contributed by atoms with E-state index in [0.29, 0.717) is 18.8 Å². The van der Waals surface area contributed by atoms with Crippen LogP contribution in [0.1, 0.15) is 0 Å². The maximum Gasteiger partial charge on any atom is 0.260 e. The molecule has 0 aromatic heterocycles. The minimum atomic E-state index is -3.67. The summed E-state index contributed by atoms with van der Waals surface area (Å²) in [6.45, 7) is 0.967. The smallest absolute Gasteiger partial charge is 0.260 e. The summed E-state index contributed by atoms with van der Waals surface area (Å²) in [6, 6.07) is 13.6. The van der Waals surface area contributed by atoms with Gasteiger partial charge in [0.1, 0.15) is 10.6 Å². The number of sulfonamides is 1. The number of piperazine rings is 1. The predicted molar refractivity (Wildman–Crippen MR) is 106 cm³/mol. The first-order chi connectivity index (χ1) is 12.9. The summed E-state index contributed by atoms with van der Waals surface area (Å²) in [6.07, 6.45) is 0. The van der Waals surface area contributed by atoms with Crippen molar-refractivity contribution in [2.24, 2.45) is 0 Å². The highest BCUT2D eigenvalue weighted by atomic mass is 79.9. The van der Waals surface area contributed by atoms with Gasteiger partial charge < -0.3 is 9.64 Å². The highest BCUT2D eigenvalue weighted by Crippen LogP contribution is 2.25. The van der Waals surface area contributed by atoms with Gasteiger partial charge in [-0.3, -0.25) is 4.79 Å². The molecule has 0 unspecified atom stereocenters. The standard InChI is InChI=1S/C18H18BrClN2O4S/c19-14-4-3-5-15(12-14)26-13-18(23)21-8-10-22(11-9-21)27(24,25)17-7-2-1-6-16(17)20/h1-7,12H,8-11,13H2. The van der Waals surface area contributed by atoms with Crippen LogP contribution in [0, 0.1) is 0 Å². The van der Waals surface area contributed by atoms with Gasteiger partial charge in [-0.05, 0) is 30.3 Å². The van der Waals surface area contributed by atoms with E-state index in [1.165, 1.54) is 10.4 Å². The normalized spacial score (nSPS) is 15.6. The molecule has 9 heteroatoms. The van der Waals surface area contributed by atoms with Crippen molar-refractivity contribution in [3.05, 3.63) is 58.0 Å². The molecule has 2 aromatic rings. The van der Waals surface area contributed by atoms with Crippen molar-refractivity contribution in [2.75, 3.05) is 32.8 Å². The van der Waals surface area contributed by atoms with Gasteiger partial charge in [0.15, 0.2) is 6.61 Å². The molecule has 1 saturated heterocycles. The molecule has 27 heavy (non-hydrogen) atoms. The maximum absolute atomic E-state index is 12.7. The largest absolute Gasteiger partial charge is 0.484 e. The SMILES string of the molecule is O=C(COc1cccc(Br)c1)N1CCN(S(=O)(=O)c2ccccc2Cl)CC1. The van der Waals surface area contributed by atoms with E-state index in [-0.39, 0.29) is 35.5 Å². The third-order valence-corrected chi connectivity index (χ3v) is 7.10. The Balaban J connectivity index is 1.57. The van der Waals surface area contributed by atoms with Crippen molar-refractivity contribution >= 4 is 43.5 Å². The Kier molecular flexibility index (Phi) is 6.41. The monoisotopic (exact) mass is 472 g/mol. The molecule has 144 valence electrons. The quantitative estimate of drug-likeness (QED) is 0.669. The molecule has 2 aromatic carbocycles. The second kappa shape index (κ2) is 8.60. The first-order valence-corrected chi connectivity index (χ1v) is 10.9. The minimum Gasteiger partial charge on any atom is -0.484 e. The van der Waals surface area contributed by atoms with Crippen molar-refractivity contribution in [1.82, 2.24) is 9.21 Å². The zero-order valence-electron chi connectivity index (χ0n) is 14.3. The van der Waals surface area contributed by atoms with Gasteiger partial charge in [-0.25, -0.2) is 8.42 Å². The second-order valence-electron chi connectivity index (χ2n) is 5.96. The van der Waals surface area contributed by atoms with E-state index in [9.17, 15) is 13.2 Å². The van der Waals surface area contributed by atoms with Crippen LogP contribution in [0.4, 0.5) is 0 Å². The number of hydrogen-bond acceptors (Lipinski definition) is 4. The van der Waals surface area contributed by atoms with Crippen LogP contribution in [0.5, 0.6) is 5.75 Å². The number of carbonyl (C=O) groups excluding carboxylic acids is 1. The molecule has 0 radical (unpaired) electrons. The van der Waals surface area contributed by atoms with Crippen LogP contribution in [-0.2, 0) is 14.8 Å². The molecule has 0 bridgehead atoms. The third kappa shape index (κ3) is 4.82. The summed E-state index contributed by atoms with van der Waals surface area (Å²) in [5.74, 6) is 0.419. The Bertz CT molecular complexity index is 930. The number of benzene rings is 2. The molecular weight excluding hydrogens is 456 g/mol. The Hall–Kier alpha value is -1.61. The Morgan fingerprint density at radius 3 is 2.44 bits per heavy atom. The molecular formula is C18H18BrClN2O4S. The van der Waals surface area contributed by atoms with Crippen molar-refractivity contribution in [3.8, 4) is 5.75 Å². The molecule has 0 spiro atoms. The van der Waals surface area contributed by atoms with Gasteiger partial charge in [0.2, 0.25) is 10.0 Å².